The lowest BCUT2D eigenvalue weighted by Gasteiger charge is -2.26. The van der Waals surface area contributed by atoms with Crippen LogP contribution in [0.4, 0.5) is 10.5 Å². The molecule has 0 bridgehead atoms. The van der Waals surface area contributed by atoms with Crippen molar-refractivity contribution in [2.24, 2.45) is 0 Å². The summed E-state index contributed by atoms with van der Waals surface area (Å²) in [7, 11) is 2.95. The van der Waals surface area contributed by atoms with Gasteiger partial charge in [-0.25, -0.2) is 9.69 Å². The van der Waals surface area contributed by atoms with E-state index in [4.69, 9.17) is 9.47 Å². The third kappa shape index (κ3) is 3.02. The lowest BCUT2D eigenvalue weighted by Crippen LogP contribution is -2.54. The highest BCUT2D eigenvalue weighted by atomic mass is 16.5. The third-order valence-corrected chi connectivity index (χ3v) is 3.85. The fourth-order valence-corrected chi connectivity index (χ4v) is 2.65. The standard InChI is InChI=1S/C19H16N2O5/c1-25-15-10-6-7-12(16(15)26-2)11-14-17(22)20-19(24)21(18(14)23)13-8-4-3-5-9-13/h3-11H,1-2H3,(H,20,22,24)/b14-11+. The van der Waals surface area contributed by atoms with Gasteiger partial charge in [-0.15, -0.1) is 0 Å². The minimum atomic E-state index is -0.791. The Morgan fingerprint density at radius 1 is 0.923 bits per heavy atom. The summed E-state index contributed by atoms with van der Waals surface area (Å²) in [5.41, 5.74) is 0.665. The number of benzene rings is 2. The number of hydrogen-bond acceptors (Lipinski definition) is 5. The molecule has 1 aliphatic rings. The Kier molecular flexibility index (Phi) is 4.70. The van der Waals surface area contributed by atoms with Gasteiger partial charge in [0.05, 0.1) is 19.9 Å². The predicted molar refractivity (Wildman–Crippen MR) is 95.0 cm³/mol. The molecule has 132 valence electrons. The predicted octanol–water partition coefficient (Wildman–Crippen LogP) is 2.37. The molecule has 0 aromatic heterocycles. The van der Waals surface area contributed by atoms with Gasteiger partial charge in [-0.3, -0.25) is 14.9 Å². The number of barbiturate groups is 1. The van der Waals surface area contributed by atoms with Crippen molar-refractivity contribution in [3.63, 3.8) is 0 Å². The summed E-state index contributed by atoms with van der Waals surface area (Å²) in [6.07, 6.45) is 1.38. The summed E-state index contributed by atoms with van der Waals surface area (Å²) >= 11 is 0. The number of methoxy groups -OCH3 is 2. The Hall–Kier alpha value is -3.61. The number of nitrogens with one attached hydrogen (secondary N) is 1. The van der Waals surface area contributed by atoms with E-state index in [1.54, 1.807) is 48.5 Å². The number of imide groups is 2. The van der Waals surface area contributed by atoms with Crippen LogP contribution in [0.2, 0.25) is 0 Å². The summed E-state index contributed by atoms with van der Waals surface area (Å²) in [4.78, 5) is 38.1. The normalized spacial score (nSPS) is 15.8. The molecule has 1 saturated heterocycles. The van der Waals surface area contributed by atoms with Gasteiger partial charge in [-0.05, 0) is 24.3 Å². The molecule has 2 aromatic rings. The monoisotopic (exact) mass is 352 g/mol. The highest BCUT2D eigenvalue weighted by Gasteiger charge is 2.36. The van der Waals surface area contributed by atoms with Gasteiger partial charge in [0.15, 0.2) is 11.5 Å². The molecule has 7 heteroatoms. The van der Waals surface area contributed by atoms with Crippen LogP contribution in [-0.4, -0.2) is 32.1 Å². The molecule has 26 heavy (non-hydrogen) atoms. The summed E-state index contributed by atoms with van der Waals surface area (Å²) in [6.45, 7) is 0. The van der Waals surface area contributed by atoms with Crippen LogP contribution in [0.15, 0.2) is 54.1 Å². The van der Waals surface area contributed by atoms with Crippen LogP contribution in [-0.2, 0) is 9.59 Å². The minimum absolute atomic E-state index is 0.181. The van der Waals surface area contributed by atoms with Crippen molar-refractivity contribution in [2.75, 3.05) is 19.1 Å². The summed E-state index contributed by atoms with van der Waals surface area (Å²) < 4.78 is 10.5. The van der Waals surface area contributed by atoms with Crippen molar-refractivity contribution < 1.29 is 23.9 Å². The first kappa shape index (κ1) is 17.2. The van der Waals surface area contributed by atoms with E-state index in [9.17, 15) is 14.4 Å². The molecule has 1 N–H and O–H groups in total. The zero-order valence-electron chi connectivity index (χ0n) is 14.2. The van der Waals surface area contributed by atoms with Gasteiger partial charge < -0.3 is 9.47 Å². The molecule has 1 aliphatic heterocycles. The molecule has 0 saturated carbocycles. The summed E-state index contributed by atoms with van der Waals surface area (Å²) in [5.74, 6) is -0.639. The van der Waals surface area contributed by atoms with E-state index >= 15 is 0 Å². The number of nitrogens with zero attached hydrogens (tertiary/aromatic N) is 1. The van der Waals surface area contributed by atoms with Gasteiger partial charge >= 0.3 is 6.03 Å². The van der Waals surface area contributed by atoms with E-state index in [2.05, 4.69) is 5.32 Å². The molecule has 1 heterocycles. The zero-order valence-corrected chi connectivity index (χ0v) is 14.2. The van der Waals surface area contributed by atoms with E-state index in [1.165, 1.54) is 20.3 Å². The van der Waals surface area contributed by atoms with Crippen LogP contribution < -0.4 is 19.7 Å². The zero-order chi connectivity index (χ0) is 18.7. The second kappa shape index (κ2) is 7.10. The molecule has 1 fully saturated rings. The molecule has 0 radical (unpaired) electrons. The lowest BCUT2D eigenvalue weighted by atomic mass is 10.1. The average Bonchev–Trinajstić information content (AvgIpc) is 2.65. The Morgan fingerprint density at radius 2 is 1.65 bits per heavy atom. The Labute approximate surface area is 149 Å². The van der Waals surface area contributed by atoms with Crippen LogP contribution in [0.5, 0.6) is 11.5 Å². The van der Waals surface area contributed by atoms with Crippen molar-refractivity contribution in [3.05, 3.63) is 59.7 Å². The number of hydrogen-bond donors (Lipinski definition) is 1. The Morgan fingerprint density at radius 3 is 2.31 bits per heavy atom. The molecule has 0 spiro atoms. The number of ether oxygens (including phenoxy) is 2. The smallest absolute Gasteiger partial charge is 0.335 e. The highest BCUT2D eigenvalue weighted by Crippen LogP contribution is 2.33. The third-order valence-electron chi connectivity index (χ3n) is 3.85. The molecule has 0 aliphatic carbocycles. The summed E-state index contributed by atoms with van der Waals surface area (Å²) in [6, 6.07) is 12.7. The van der Waals surface area contributed by atoms with E-state index in [0.717, 1.165) is 4.90 Å². The van der Waals surface area contributed by atoms with E-state index in [1.807, 2.05) is 0 Å². The molecule has 4 amide bonds. The van der Waals surface area contributed by atoms with Gasteiger partial charge in [-0.1, -0.05) is 30.3 Å². The van der Waals surface area contributed by atoms with Gasteiger partial charge in [0.25, 0.3) is 11.8 Å². The van der Waals surface area contributed by atoms with E-state index < -0.39 is 17.8 Å². The number of carbonyl (C=O) groups is 3. The van der Waals surface area contributed by atoms with Crippen LogP contribution in [0.3, 0.4) is 0 Å². The maximum absolute atomic E-state index is 12.8. The number of carbonyl (C=O) groups excluding carboxylic acids is 3. The molecule has 2 aromatic carbocycles. The van der Waals surface area contributed by atoms with Crippen LogP contribution >= 0.6 is 0 Å². The van der Waals surface area contributed by atoms with Crippen molar-refractivity contribution in [2.45, 2.75) is 0 Å². The van der Waals surface area contributed by atoms with Gasteiger partial charge in [0, 0.05) is 5.56 Å². The number of urea groups is 1. The van der Waals surface area contributed by atoms with E-state index in [-0.39, 0.29) is 5.57 Å². The second-order valence-corrected chi connectivity index (χ2v) is 5.38. The second-order valence-electron chi connectivity index (χ2n) is 5.38. The molecule has 3 rings (SSSR count). The maximum atomic E-state index is 12.8. The van der Waals surface area contributed by atoms with Crippen molar-refractivity contribution in [1.82, 2.24) is 5.32 Å². The van der Waals surface area contributed by atoms with Gasteiger partial charge in [0.1, 0.15) is 5.57 Å². The SMILES string of the molecule is COc1cccc(/C=C2\C(=O)NC(=O)N(c3ccccc3)C2=O)c1OC. The molecule has 0 atom stereocenters. The fourth-order valence-electron chi connectivity index (χ4n) is 2.65. The summed E-state index contributed by atoms with van der Waals surface area (Å²) in [5, 5.41) is 2.18. The van der Waals surface area contributed by atoms with E-state index in [0.29, 0.717) is 22.7 Å². The van der Waals surface area contributed by atoms with Crippen molar-refractivity contribution >= 4 is 29.6 Å². The molecule has 7 nitrogen and oxygen atoms in total. The minimum Gasteiger partial charge on any atom is -0.493 e. The average molecular weight is 352 g/mol. The molecule has 0 unspecified atom stereocenters. The molecular weight excluding hydrogens is 336 g/mol. The molecular formula is C19H16N2O5. The number of para-hydroxylation sites is 2. The maximum Gasteiger partial charge on any atom is 0.335 e. The van der Waals surface area contributed by atoms with Crippen LogP contribution in [0.1, 0.15) is 5.56 Å². The van der Waals surface area contributed by atoms with Crippen molar-refractivity contribution in [3.8, 4) is 11.5 Å². The van der Waals surface area contributed by atoms with Gasteiger partial charge in [-0.2, -0.15) is 0 Å². The number of rotatable bonds is 4. The first-order valence-electron chi connectivity index (χ1n) is 7.74. The van der Waals surface area contributed by atoms with Gasteiger partial charge in [0.2, 0.25) is 0 Å². The largest absolute Gasteiger partial charge is 0.493 e. The quantitative estimate of drug-likeness (QED) is 0.674. The number of amides is 4. The Bertz CT molecular complexity index is 905. The first-order chi connectivity index (χ1) is 12.6. The first-order valence-corrected chi connectivity index (χ1v) is 7.74. The van der Waals surface area contributed by atoms with Crippen LogP contribution in [0, 0.1) is 0 Å². The Balaban J connectivity index is 2.07. The van der Waals surface area contributed by atoms with Crippen LogP contribution in [0.25, 0.3) is 6.08 Å². The fraction of sp³-hybridized carbons (Fsp3) is 0.105. The topological polar surface area (TPSA) is 84.9 Å². The highest BCUT2D eigenvalue weighted by molar-refractivity contribution is 6.39. The van der Waals surface area contributed by atoms with Crippen molar-refractivity contribution in [1.29, 1.82) is 0 Å². The number of anilines is 1. The lowest BCUT2D eigenvalue weighted by molar-refractivity contribution is -0.122.